The number of hydrogen-bond donors (Lipinski definition) is 2. The van der Waals surface area contributed by atoms with Crippen molar-refractivity contribution in [1.29, 1.82) is 0 Å². The number of alkyl halides is 3. The molecule has 0 fully saturated rings. The Morgan fingerprint density at radius 2 is 1.51 bits per heavy atom. The monoisotopic (exact) mass is 482 g/mol. The van der Waals surface area contributed by atoms with Crippen molar-refractivity contribution in [3.63, 3.8) is 0 Å². The van der Waals surface area contributed by atoms with Crippen LogP contribution < -0.4 is 10.9 Å². The summed E-state index contributed by atoms with van der Waals surface area (Å²) in [5.74, 6) is -1.01. The normalized spacial score (nSPS) is 11.4. The highest BCUT2D eigenvalue weighted by molar-refractivity contribution is 6.00. The maximum Gasteiger partial charge on any atom is 0.417 e. The fourth-order valence-electron chi connectivity index (χ4n) is 3.76. The first-order valence-corrected chi connectivity index (χ1v) is 10.5. The number of hydrazine groups is 1. The molecule has 0 unspecified atom stereocenters. The van der Waals surface area contributed by atoms with Gasteiger partial charge in [-0.2, -0.15) is 18.3 Å². The summed E-state index contributed by atoms with van der Waals surface area (Å²) in [5.41, 5.74) is 7.20. The van der Waals surface area contributed by atoms with Crippen LogP contribution in [0.5, 0.6) is 0 Å². The summed E-state index contributed by atoms with van der Waals surface area (Å²) in [6.07, 6.45) is -2.56. The highest BCUT2D eigenvalue weighted by Crippen LogP contribution is 2.29. The lowest BCUT2D eigenvalue weighted by Gasteiger charge is -2.10. The predicted octanol–water partition coefficient (Wildman–Crippen LogP) is 4.08. The van der Waals surface area contributed by atoms with Gasteiger partial charge in [-0.3, -0.25) is 20.4 Å². The maximum atomic E-state index is 12.8. The highest BCUT2D eigenvalue weighted by Gasteiger charge is 2.31. The zero-order valence-electron chi connectivity index (χ0n) is 19.0. The number of aromatic nitrogens is 4. The van der Waals surface area contributed by atoms with Gasteiger partial charge in [-0.05, 0) is 51.1 Å². The van der Waals surface area contributed by atoms with Gasteiger partial charge in [-0.1, -0.05) is 18.2 Å². The Kier molecular flexibility index (Phi) is 6.16. The lowest BCUT2D eigenvalue weighted by atomic mass is 10.2. The van der Waals surface area contributed by atoms with Crippen LogP contribution in [0.4, 0.5) is 13.2 Å². The molecule has 0 aliphatic heterocycles. The summed E-state index contributed by atoms with van der Waals surface area (Å²) in [5, 5.41) is 4.04. The van der Waals surface area contributed by atoms with Gasteiger partial charge in [0.2, 0.25) is 0 Å². The van der Waals surface area contributed by atoms with Gasteiger partial charge >= 0.3 is 6.18 Å². The Bertz CT molecular complexity index is 1390. The summed E-state index contributed by atoms with van der Waals surface area (Å²) in [4.78, 5) is 29.2. The number of aryl methyl sites for hydroxylation is 1. The molecule has 8 nitrogen and oxygen atoms in total. The smallest absolute Gasteiger partial charge is 0.318 e. The minimum absolute atomic E-state index is 0.118. The van der Waals surface area contributed by atoms with Gasteiger partial charge in [0.15, 0.2) is 5.82 Å². The largest absolute Gasteiger partial charge is 0.417 e. The van der Waals surface area contributed by atoms with Crippen molar-refractivity contribution in [3.8, 4) is 11.5 Å². The molecule has 180 valence electrons. The minimum atomic E-state index is -4.51. The summed E-state index contributed by atoms with van der Waals surface area (Å²) in [6.45, 7) is 5.25. The number of nitrogens with zero attached hydrogens (tertiary/aromatic N) is 4. The Morgan fingerprint density at radius 3 is 2.11 bits per heavy atom. The number of carbonyl (C=O) groups is 2. The van der Waals surface area contributed by atoms with Crippen LogP contribution in [0.2, 0.25) is 0 Å². The van der Waals surface area contributed by atoms with Crippen molar-refractivity contribution >= 4 is 11.8 Å². The third-order valence-corrected chi connectivity index (χ3v) is 5.53. The molecule has 2 N–H and O–H groups in total. The number of rotatable bonds is 4. The average molecular weight is 482 g/mol. The van der Waals surface area contributed by atoms with Crippen LogP contribution in [0.25, 0.3) is 11.5 Å². The molecule has 0 radical (unpaired) electrons. The average Bonchev–Trinajstić information content (AvgIpc) is 3.36. The summed E-state index contributed by atoms with van der Waals surface area (Å²) in [6, 6.07) is 13.3. The van der Waals surface area contributed by atoms with Gasteiger partial charge in [-0.15, -0.1) is 0 Å². The van der Waals surface area contributed by atoms with E-state index in [0.717, 1.165) is 23.5 Å². The Balaban J connectivity index is 1.47. The second-order valence-electron chi connectivity index (χ2n) is 7.82. The van der Waals surface area contributed by atoms with Crippen LogP contribution in [-0.2, 0) is 6.18 Å². The van der Waals surface area contributed by atoms with Crippen molar-refractivity contribution < 1.29 is 22.8 Å². The van der Waals surface area contributed by atoms with Crippen LogP contribution in [0.3, 0.4) is 0 Å². The van der Waals surface area contributed by atoms with Crippen LogP contribution in [-0.4, -0.2) is 31.1 Å². The topological polar surface area (TPSA) is 93.8 Å². The molecule has 0 saturated heterocycles. The molecular weight excluding hydrogens is 461 g/mol. The maximum absolute atomic E-state index is 12.8. The second-order valence-corrected chi connectivity index (χ2v) is 7.82. The lowest BCUT2D eigenvalue weighted by molar-refractivity contribution is -0.137. The summed E-state index contributed by atoms with van der Waals surface area (Å²) in [7, 11) is 0. The molecule has 0 bridgehead atoms. The van der Waals surface area contributed by atoms with E-state index in [1.165, 1.54) is 10.9 Å². The van der Waals surface area contributed by atoms with E-state index in [4.69, 9.17) is 0 Å². The van der Waals surface area contributed by atoms with E-state index in [2.05, 4.69) is 20.9 Å². The van der Waals surface area contributed by atoms with Gasteiger partial charge in [0.25, 0.3) is 11.8 Å². The molecule has 0 spiro atoms. The van der Waals surface area contributed by atoms with Crippen LogP contribution in [0.15, 0.2) is 60.9 Å². The van der Waals surface area contributed by atoms with Gasteiger partial charge in [0, 0.05) is 23.3 Å². The number of hydrogen-bond acceptors (Lipinski definition) is 4. The number of nitrogens with one attached hydrogen (secondary N) is 2. The molecule has 4 rings (SSSR count). The number of halogens is 3. The van der Waals surface area contributed by atoms with Crippen LogP contribution in [0.1, 0.15) is 43.4 Å². The number of pyridine rings is 1. The minimum Gasteiger partial charge on any atom is -0.318 e. The Labute approximate surface area is 198 Å². The fourth-order valence-corrected chi connectivity index (χ4v) is 3.76. The van der Waals surface area contributed by atoms with E-state index in [1.807, 2.05) is 48.7 Å². The van der Waals surface area contributed by atoms with E-state index in [0.29, 0.717) is 23.1 Å². The lowest BCUT2D eigenvalue weighted by Crippen LogP contribution is -2.42. The van der Waals surface area contributed by atoms with E-state index in [-0.39, 0.29) is 11.4 Å². The van der Waals surface area contributed by atoms with Crippen molar-refractivity contribution in [2.24, 2.45) is 0 Å². The first-order chi connectivity index (χ1) is 16.6. The van der Waals surface area contributed by atoms with E-state index < -0.39 is 23.6 Å². The molecule has 0 aliphatic carbocycles. The number of para-hydroxylation sites is 1. The molecule has 1 aromatic carbocycles. The second kappa shape index (κ2) is 9.09. The first kappa shape index (κ1) is 23.7. The molecule has 4 aromatic rings. The zero-order valence-corrected chi connectivity index (χ0v) is 19.0. The van der Waals surface area contributed by atoms with Gasteiger partial charge in [0.1, 0.15) is 0 Å². The van der Waals surface area contributed by atoms with Gasteiger partial charge < -0.3 is 4.57 Å². The molecule has 11 heteroatoms. The van der Waals surface area contributed by atoms with E-state index in [1.54, 1.807) is 13.0 Å². The van der Waals surface area contributed by atoms with Crippen molar-refractivity contribution in [1.82, 2.24) is 30.2 Å². The van der Waals surface area contributed by atoms with Crippen molar-refractivity contribution in [3.05, 3.63) is 94.7 Å². The molecular formula is C24H21F3N6O2. The molecule has 0 atom stereocenters. The first-order valence-electron chi connectivity index (χ1n) is 10.5. The van der Waals surface area contributed by atoms with Gasteiger partial charge in [0.05, 0.1) is 28.6 Å². The molecule has 2 amide bonds. The molecule has 0 saturated carbocycles. The van der Waals surface area contributed by atoms with Crippen molar-refractivity contribution in [2.45, 2.75) is 26.9 Å². The third kappa shape index (κ3) is 4.65. The zero-order chi connectivity index (χ0) is 25.3. The standard InChI is InChI=1S/C24H21F3N6O2/c1-14-11-19(15(2)32(14)18-7-5-4-6-8-18)22(34)30-31-23(35)20-13-29-33(16(20)3)21-10-9-17(12-28-21)24(25,26)27/h4-13H,1-3H3,(H,30,34)(H,31,35). The fraction of sp³-hybridized carbons (Fsp3) is 0.167. The van der Waals surface area contributed by atoms with E-state index >= 15 is 0 Å². The summed E-state index contributed by atoms with van der Waals surface area (Å²) < 4.78 is 41.5. The van der Waals surface area contributed by atoms with E-state index in [9.17, 15) is 22.8 Å². The van der Waals surface area contributed by atoms with Crippen LogP contribution >= 0.6 is 0 Å². The number of amides is 2. The van der Waals surface area contributed by atoms with Gasteiger partial charge in [-0.25, -0.2) is 9.67 Å². The SMILES string of the molecule is Cc1c(C(=O)NNC(=O)c2cc(C)n(-c3ccccc3)c2C)cnn1-c1ccc(C(F)(F)F)cn1. The third-order valence-electron chi connectivity index (χ3n) is 5.53. The van der Waals surface area contributed by atoms with Crippen molar-refractivity contribution in [2.75, 3.05) is 0 Å². The molecule has 35 heavy (non-hydrogen) atoms. The summed E-state index contributed by atoms with van der Waals surface area (Å²) >= 11 is 0. The Morgan fingerprint density at radius 1 is 0.857 bits per heavy atom. The molecule has 3 heterocycles. The number of carbonyl (C=O) groups excluding carboxylic acids is 2. The Hall–Kier alpha value is -4.41. The quantitative estimate of drug-likeness (QED) is 0.429. The van der Waals surface area contributed by atoms with Crippen LogP contribution in [0, 0.1) is 20.8 Å². The predicted molar refractivity (Wildman–Crippen MR) is 121 cm³/mol. The number of benzene rings is 1. The molecule has 0 aliphatic rings. The molecule has 3 aromatic heterocycles. The highest BCUT2D eigenvalue weighted by atomic mass is 19.4.